The summed E-state index contributed by atoms with van der Waals surface area (Å²) in [6.07, 6.45) is -0.869. The predicted octanol–water partition coefficient (Wildman–Crippen LogP) is 2.94. The maximum absolute atomic E-state index is 12.3. The molecule has 3 saturated carbocycles. The second-order valence-electron chi connectivity index (χ2n) is 6.77. The Morgan fingerprint density at radius 3 is 2.42 bits per heavy atom. The molecule has 2 N–H and O–H groups in total. The number of carbonyl (C=O) groups excluding carboxylic acids is 1. The van der Waals surface area contributed by atoms with Gasteiger partial charge in [0.1, 0.15) is 5.75 Å². The van der Waals surface area contributed by atoms with E-state index in [0.29, 0.717) is 11.5 Å². The SMILES string of the molecule is O=C(Cc1ccc(OC(F)(F)F)cc1)NC12CCC(CC1)CC2O. The van der Waals surface area contributed by atoms with Gasteiger partial charge in [0.25, 0.3) is 0 Å². The second kappa shape index (κ2) is 6.27. The summed E-state index contributed by atoms with van der Waals surface area (Å²) in [5.74, 6) is 0.0186. The molecule has 1 aromatic carbocycles. The first-order chi connectivity index (χ1) is 11.3. The zero-order valence-electron chi connectivity index (χ0n) is 13.1. The van der Waals surface area contributed by atoms with E-state index in [1.54, 1.807) is 0 Å². The molecule has 4 rings (SSSR count). The number of amides is 1. The maximum Gasteiger partial charge on any atom is 0.573 e. The van der Waals surface area contributed by atoms with Crippen LogP contribution in [-0.4, -0.2) is 29.0 Å². The maximum atomic E-state index is 12.3. The van der Waals surface area contributed by atoms with Gasteiger partial charge in [-0.25, -0.2) is 0 Å². The molecule has 3 aliphatic rings. The molecule has 1 unspecified atom stereocenters. The minimum atomic E-state index is -4.73. The zero-order chi connectivity index (χ0) is 17.4. The van der Waals surface area contributed by atoms with E-state index >= 15 is 0 Å². The number of hydrogen-bond donors (Lipinski definition) is 2. The minimum Gasteiger partial charge on any atom is -0.406 e. The number of halogens is 3. The van der Waals surface area contributed by atoms with E-state index in [1.807, 2.05) is 0 Å². The van der Waals surface area contributed by atoms with Crippen molar-refractivity contribution in [1.29, 1.82) is 0 Å². The van der Waals surface area contributed by atoms with Crippen LogP contribution in [-0.2, 0) is 11.2 Å². The van der Waals surface area contributed by atoms with Crippen molar-refractivity contribution < 1.29 is 27.8 Å². The van der Waals surface area contributed by atoms with Gasteiger partial charge >= 0.3 is 6.36 Å². The number of aliphatic hydroxyl groups excluding tert-OH is 1. The first-order valence-electron chi connectivity index (χ1n) is 8.09. The molecule has 0 radical (unpaired) electrons. The van der Waals surface area contributed by atoms with Crippen molar-refractivity contribution in [3.8, 4) is 5.75 Å². The Balaban J connectivity index is 1.59. The fourth-order valence-corrected chi connectivity index (χ4v) is 3.83. The van der Waals surface area contributed by atoms with Crippen LogP contribution in [0, 0.1) is 5.92 Å². The van der Waals surface area contributed by atoms with Crippen LogP contribution in [0.1, 0.15) is 37.7 Å². The number of hydrogen-bond acceptors (Lipinski definition) is 3. The topological polar surface area (TPSA) is 58.6 Å². The summed E-state index contributed by atoms with van der Waals surface area (Å²) in [4.78, 5) is 12.3. The van der Waals surface area contributed by atoms with Crippen molar-refractivity contribution in [3.63, 3.8) is 0 Å². The summed E-state index contributed by atoms with van der Waals surface area (Å²) in [5, 5.41) is 13.2. The quantitative estimate of drug-likeness (QED) is 0.884. The van der Waals surface area contributed by atoms with Crippen LogP contribution in [0.2, 0.25) is 0 Å². The zero-order valence-corrected chi connectivity index (χ0v) is 13.1. The van der Waals surface area contributed by atoms with Crippen molar-refractivity contribution in [1.82, 2.24) is 5.32 Å². The molecule has 1 atom stereocenters. The molecule has 1 amide bonds. The fourth-order valence-electron chi connectivity index (χ4n) is 3.83. The largest absolute Gasteiger partial charge is 0.573 e. The lowest BCUT2D eigenvalue weighted by atomic mass is 9.64. The Labute approximate surface area is 138 Å². The van der Waals surface area contributed by atoms with Crippen molar-refractivity contribution in [2.75, 3.05) is 0 Å². The third-order valence-corrected chi connectivity index (χ3v) is 5.10. The molecule has 3 aliphatic carbocycles. The fraction of sp³-hybridized carbons (Fsp3) is 0.588. The van der Waals surface area contributed by atoms with Crippen LogP contribution in [0.25, 0.3) is 0 Å². The summed E-state index contributed by atoms with van der Waals surface area (Å²) in [6, 6.07) is 5.25. The van der Waals surface area contributed by atoms with Gasteiger partial charge in [-0.15, -0.1) is 13.2 Å². The van der Waals surface area contributed by atoms with E-state index in [1.165, 1.54) is 24.3 Å². The molecule has 0 spiro atoms. The standard InChI is InChI=1S/C17H20F3NO3/c18-17(19,20)24-13-3-1-11(2-4-13)10-15(23)21-16-7-5-12(6-8-16)9-14(16)22/h1-4,12,14,22H,5-10H2,(H,21,23). The van der Waals surface area contributed by atoms with E-state index in [9.17, 15) is 23.1 Å². The number of aliphatic hydroxyl groups is 1. The van der Waals surface area contributed by atoms with Crippen LogP contribution >= 0.6 is 0 Å². The van der Waals surface area contributed by atoms with Gasteiger partial charge in [-0.1, -0.05) is 12.1 Å². The third kappa shape index (κ3) is 3.83. The molecule has 1 aromatic rings. The Morgan fingerprint density at radius 1 is 1.25 bits per heavy atom. The number of fused-ring (bicyclic) bond motifs is 3. The third-order valence-electron chi connectivity index (χ3n) is 5.10. The first kappa shape index (κ1) is 17.1. The van der Waals surface area contributed by atoms with Crippen molar-refractivity contribution in [2.45, 2.75) is 56.5 Å². The van der Waals surface area contributed by atoms with Crippen LogP contribution in [0.3, 0.4) is 0 Å². The normalized spacial score (nSPS) is 29.3. The summed E-state index contributed by atoms with van der Waals surface area (Å²) < 4.78 is 40.2. The van der Waals surface area contributed by atoms with Gasteiger partial charge in [0, 0.05) is 0 Å². The van der Waals surface area contributed by atoms with Crippen molar-refractivity contribution in [3.05, 3.63) is 29.8 Å². The lowest BCUT2D eigenvalue weighted by Crippen LogP contribution is -2.62. The molecule has 132 valence electrons. The summed E-state index contributed by atoms with van der Waals surface area (Å²) in [5.41, 5.74) is 0.0583. The van der Waals surface area contributed by atoms with Gasteiger partial charge in [0.2, 0.25) is 5.91 Å². The smallest absolute Gasteiger partial charge is 0.406 e. The number of benzene rings is 1. The number of alkyl halides is 3. The Morgan fingerprint density at radius 2 is 1.88 bits per heavy atom. The monoisotopic (exact) mass is 343 g/mol. The summed E-state index contributed by atoms with van der Waals surface area (Å²) in [7, 11) is 0. The Kier molecular flexibility index (Phi) is 4.46. The van der Waals surface area contributed by atoms with Crippen molar-refractivity contribution in [2.24, 2.45) is 5.92 Å². The first-order valence-corrected chi connectivity index (χ1v) is 8.09. The van der Waals surface area contributed by atoms with E-state index in [2.05, 4.69) is 10.1 Å². The molecule has 7 heteroatoms. The molecule has 24 heavy (non-hydrogen) atoms. The van der Waals surface area contributed by atoms with E-state index < -0.39 is 18.0 Å². The van der Waals surface area contributed by atoms with Gasteiger partial charge in [-0.2, -0.15) is 0 Å². The van der Waals surface area contributed by atoms with Crippen LogP contribution in [0.4, 0.5) is 13.2 Å². The van der Waals surface area contributed by atoms with Gasteiger partial charge < -0.3 is 15.2 Å². The molecule has 0 saturated heterocycles. The highest BCUT2D eigenvalue weighted by atomic mass is 19.4. The van der Waals surface area contributed by atoms with Crippen molar-refractivity contribution >= 4 is 5.91 Å². The predicted molar refractivity (Wildman–Crippen MR) is 80.3 cm³/mol. The average molecular weight is 343 g/mol. The molecular formula is C17H20F3NO3. The molecule has 3 fully saturated rings. The molecular weight excluding hydrogens is 323 g/mol. The molecule has 0 aliphatic heterocycles. The lowest BCUT2D eigenvalue weighted by Gasteiger charge is -2.50. The molecule has 0 heterocycles. The van der Waals surface area contributed by atoms with Gasteiger partial charge in [0.05, 0.1) is 18.1 Å². The highest BCUT2D eigenvalue weighted by Crippen LogP contribution is 2.44. The number of carbonyl (C=O) groups is 1. The number of ether oxygens (including phenoxy) is 1. The van der Waals surface area contributed by atoms with Gasteiger partial charge in [-0.05, 0) is 55.7 Å². The highest BCUT2D eigenvalue weighted by molar-refractivity contribution is 5.79. The molecule has 2 bridgehead atoms. The molecule has 4 nitrogen and oxygen atoms in total. The van der Waals surface area contributed by atoms with Crippen LogP contribution < -0.4 is 10.1 Å². The van der Waals surface area contributed by atoms with Crippen LogP contribution in [0.5, 0.6) is 5.75 Å². The number of rotatable bonds is 4. The Hall–Kier alpha value is -1.76. The second-order valence-corrected chi connectivity index (χ2v) is 6.77. The summed E-state index contributed by atoms with van der Waals surface area (Å²) in [6.45, 7) is 0. The lowest BCUT2D eigenvalue weighted by molar-refractivity contribution is -0.274. The molecule has 0 aromatic heterocycles. The Bertz CT molecular complexity index is 592. The number of nitrogens with one attached hydrogen (secondary N) is 1. The average Bonchev–Trinajstić information content (AvgIpc) is 2.49. The van der Waals surface area contributed by atoms with Crippen LogP contribution in [0.15, 0.2) is 24.3 Å². The van der Waals surface area contributed by atoms with E-state index in [-0.39, 0.29) is 18.1 Å². The van der Waals surface area contributed by atoms with Gasteiger partial charge in [-0.3, -0.25) is 4.79 Å². The van der Waals surface area contributed by atoms with E-state index in [0.717, 1.165) is 32.1 Å². The highest BCUT2D eigenvalue weighted by Gasteiger charge is 2.47. The summed E-state index contributed by atoms with van der Waals surface area (Å²) >= 11 is 0. The van der Waals surface area contributed by atoms with Gasteiger partial charge in [0.15, 0.2) is 0 Å². The van der Waals surface area contributed by atoms with E-state index in [4.69, 9.17) is 0 Å². The minimum absolute atomic E-state index is 0.0597.